The Kier molecular flexibility index (Phi) is 6.26. The molecular formula is C24H25NO2. The van der Waals surface area contributed by atoms with Gasteiger partial charge in [-0.15, -0.1) is 0 Å². The van der Waals surface area contributed by atoms with E-state index in [1.165, 1.54) is 0 Å². The first-order chi connectivity index (χ1) is 13.2. The Morgan fingerprint density at radius 3 is 2.04 bits per heavy atom. The van der Waals surface area contributed by atoms with Crippen molar-refractivity contribution in [3.63, 3.8) is 0 Å². The van der Waals surface area contributed by atoms with Gasteiger partial charge in [0.25, 0.3) is 0 Å². The Morgan fingerprint density at radius 2 is 1.52 bits per heavy atom. The molecule has 0 atom stereocenters. The molecule has 0 aliphatic carbocycles. The van der Waals surface area contributed by atoms with E-state index in [2.05, 4.69) is 11.4 Å². The van der Waals surface area contributed by atoms with Crippen LogP contribution < -0.4 is 10.1 Å². The lowest BCUT2D eigenvalue weighted by atomic mass is 9.98. The zero-order valence-electron chi connectivity index (χ0n) is 15.8. The van der Waals surface area contributed by atoms with Crippen LogP contribution in [0.2, 0.25) is 0 Å². The Morgan fingerprint density at radius 1 is 0.926 bits per heavy atom. The van der Waals surface area contributed by atoms with Crippen LogP contribution in [0.15, 0.2) is 78.9 Å². The number of amides is 1. The van der Waals surface area contributed by atoms with Gasteiger partial charge in [-0.05, 0) is 41.7 Å². The maximum atomic E-state index is 12.6. The number of carbonyl (C=O) groups excluding carboxylic acids is 1. The molecule has 3 aromatic carbocycles. The largest absolute Gasteiger partial charge is 0.496 e. The van der Waals surface area contributed by atoms with Crippen molar-refractivity contribution in [2.45, 2.75) is 25.8 Å². The first-order valence-electron chi connectivity index (χ1n) is 9.20. The number of rotatable bonds is 7. The van der Waals surface area contributed by atoms with Crippen molar-refractivity contribution in [1.29, 1.82) is 0 Å². The van der Waals surface area contributed by atoms with Crippen molar-refractivity contribution in [2.75, 3.05) is 7.11 Å². The van der Waals surface area contributed by atoms with Gasteiger partial charge in [0.15, 0.2) is 0 Å². The van der Waals surface area contributed by atoms with Gasteiger partial charge >= 0.3 is 0 Å². The van der Waals surface area contributed by atoms with E-state index in [1.54, 1.807) is 7.11 Å². The number of aryl methyl sites for hydroxylation is 2. The molecule has 0 spiro atoms. The Labute approximate surface area is 161 Å². The lowest BCUT2D eigenvalue weighted by Gasteiger charge is -2.20. The smallest absolute Gasteiger partial charge is 0.221 e. The highest BCUT2D eigenvalue weighted by molar-refractivity contribution is 5.77. The highest BCUT2D eigenvalue weighted by Gasteiger charge is 2.16. The minimum absolute atomic E-state index is 0.0428. The lowest BCUT2D eigenvalue weighted by molar-refractivity contribution is -0.121. The van der Waals surface area contributed by atoms with Gasteiger partial charge in [0.2, 0.25) is 5.91 Å². The van der Waals surface area contributed by atoms with Gasteiger partial charge in [0, 0.05) is 6.42 Å². The average Bonchev–Trinajstić information content (AvgIpc) is 2.72. The van der Waals surface area contributed by atoms with Crippen molar-refractivity contribution in [3.8, 4) is 5.75 Å². The molecule has 3 rings (SSSR count). The fourth-order valence-corrected chi connectivity index (χ4v) is 3.24. The van der Waals surface area contributed by atoms with Gasteiger partial charge in [0.1, 0.15) is 5.75 Å². The molecule has 3 nitrogen and oxygen atoms in total. The van der Waals surface area contributed by atoms with Gasteiger partial charge < -0.3 is 10.1 Å². The maximum Gasteiger partial charge on any atom is 0.221 e. The molecule has 0 saturated heterocycles. The first kappa shape index (κ1) is 18.7. The zero-order valence-corrected chi connectivity index (χ0v) is 15.8. The minimum Gasteiger partial charge on any atom is -0.496 e. The van der Waals surface area contributed by atoms with Crippen molar-refractivity contribution in [1.82, 2.24) is 5.32 Å². The van der Waals surface area contributed by atoms with Gasteiger partial charge in [-0.2, -0.15) is 0 Å². The molecule has 138 valence electrons. The number of carbonyl (C=O) groups is 1. The number of hydrogen-bond donors (Lipinski definition) is 1. The fourth-order valence-electron chi connectivity index (χ4n) is 3.24. The van der Waals surface area contributed by atoms with Gasteiger partial charge in [-0.3, -0.25) is 4.79 Å². The van der Waals surface area contributed by atoms with Crippen LogP contribution >= 0.6 is 0 Å². The highest BCUT2D eigenvalue weighted by Crippen LogP contribution is 2.22. The third-order valence-corrected chi connectivity index (χ3v) is 4.67. The van der Waals surface area contributed by atoms with E-state index in [4.69, 9.17) is 4.74 Å². The molecule has 0 saturated carbocycles. The van der Waals surface area contributed by atoms with E-state index in [0.717, 1.165) is 28.0 Å². The molecule has 1 amide bonds. The van der Waals surface area contributed by atoms with Crippen LogP contribution in [0.5, 0.6) is 5.75 Å². The SMILES string of the molecule is COc1ccc(CCC(=O)NC(c2ccccc2)c2ccccc2)cc1C. The van der Waals surface area contributed by atoms with Gasteiger partial charge in [0.05, 0.1) is 13.2 Å². The van der Waals surface area contributed by atoms with Crippen LogP contribution in [0.3, 0.4) is 0 Å². The molecule has 0 aromatic heterocycles. The molecule has 0 heterocycles. The predicted octanol–water partition coefficient (Wildman–Crippen LogP) is 4.84. The summed E-state index contributed by atoms with van der Waals surface area (Å²) in [6.45, 7) is 2.02. The zero-order chi connectivity index (χ0) is 19.1. The van der Waals surface area contributed by atoms with E-state index in [9.17, 15) is 4.79 Å². The number of benzene rings is 3. The molecule has 0 aliphatic rings. The molecule has 0 bridgehead atoms. The van der Waals surface area contributed by atoms with Gasteiger partial charge in [-0.25, -0.2) is 0 Å². The molecule has 3 heteroatoms. The molecule has 27 heavy (non-hydrogen) atoms. The second-order valence-electron chi connectivity index (χ2n) is 6.63. The normalized spacial score (nSPS) is 10.6. The summed E-state index contributed by atoms with van der Waals surface area (Å²) < 4.78 is 5.30. The molecule has 0 fully saturated rings. The fraction of sp³-hybridized carbons (Fsp3) is 0.208. The van der Waals surface area contributed by atoms with Crippen LogP contribution in [0.4, 0.5) is 0 Å². The summed E-state index contributed by atoms with van der Waals surface area (Å²) in [6.07, 6.45) is 1.15. The average molecular weight is 359 g/mol. The van der Waals surface area contributed by atoms with Gasteiger partial charge in [-0.1, -0.05) is 72.8 Å². The number of hydrogen-bond acceptors (Lipinski definition) is 2. The summed E-state index contributed by atoms with van der Waals surface area (Å²) in [4.78, 5) is 12.6. The van der Waals surface area contributed by atoms with E-state index in [1.807, 2.05) is 79.7 Å². The van der Waals surface area contributed by atoms with Crippen molar-refractivity contribution >= 4 is 5.91 Å². The quantitative estimate of drug-likeness (QED) is 0.655. The van der Waals surface area contributed by atoms with Crippen LogP contribution in [-0.2, 0) is 11.2 Å². The highest BCUT2D eigenvalue weighted by atomic mass is 16.5. The van der Waals surface area contributed by atoms with Crippen LogP contribution in [0.1, 0.15) is 34.7 Å². The lowest BCUT2D eigenvalue weighted by Crippen LogP contribution is -2.29. The van der Waals surface area contributed by atoms with E-state index >= 15 is 0 Å². The first-order valence-corrected chi connectivity index (χ1v) is 9.20. The Bertz CT molecular complexity index is 836. The second kappa shape index (κ2) is 9.04. The Hall–Kier alpha value is -3.07. The second-order valence-corrected chi connectivity index (χ2v) is 6.63. The molecule has 0 radical (unpaired) electrons. The topological polar surface area (TPSA) is 38.3 Å². The molecule has 1 N–H and O–H groups in total. The number of methoxy groups -OCH3 is 1. The summed E-state index contributed by atoms with van der Waals surface area (Å²) >= 11 is 0. The molecule has 0 unspecified atom stereocenters. The summed E-state index contributed by atoms with van der Waals surface area (Å²) in [5.74, 6) is 0.914. The van der Waals surface area contributed by atoms with Crippen LogP contribution in [0, 0.1) is 6.92 Å². The van der Waals surface area contributed by atoms with Crippen molar-refractivity contribution in [2.24, 2.45) is 0 Å². The summed E-state index contributed by atoms with van der Waals surface area (Å²) in [6, 6.07) is 26.1. The third kappa shape index (κ3) is 4.98. The predicted molar refractivity (Wildman–Crippen MR) is 109 cm³/mol. The standard InChI is InChI=1S/C24H25NO2/c1-18-17-19(13-15-22(18)27-2)14-16-23(26)25-24(20-9-5-3-6-10-20)21-11-7-4-8-12-21/h3-13,15,17,24H,14,16H2,1-2H3,(H,25,26). The van der Waals surface area contributed by atoms with Crippen LogP contribution in [-0.4, -0.2) is 13.0 Å². The number of ether oxygens (including phenoxy) is 1. The molecule has 0 aliphatic heterocycles. The molecule has 3 aromatic rings. The third-order valence-electron chi connectivity index (χ3n) is 4.67. The summed E-state index contributed by atoms with van der Waals surface area (Å²) in [5.41, 5.74) is 4.39. The number of nitrogens with one attached hydrogen (secondary N) is 1. The van der Waals surface area contributed by atoms with Crippen molar-refractivity contribution in [3.05, 3.63) is 101 Å². The monoisotopic (exact) mass is 359 g/mol. The Balaban J connectivity index is 1.69. The van der Waals surface area contributed by atoms with Crippen LogP contribution in [0.25, 0.3) is 0 Å². The van der Waals surface area contributed by atoms with E-state index < -0.39 is 0 Å². The summed E-state index contributed by atoms with van der Waals surface area (Å²) in [5, 5.41) is 3.19. The van der Waals surface area contributed by atoms with E-state index in [-0.39, 0.29) is 11.9 Å². The molecular weight excluding hydrogens is 334 g/mol. The maximum absolute atomic E-state index is 12.6. The van der Waals surface area contributed by atoms with E-state index in [0.29, 0.717) is 12.8 Å². The summed E-state index contributed by atoms with van der Waals surface area (Å²) in [7, 11) is 1.67. The minimum atomic E-state index is -0.141. The van der Waals surface area contributed by atoms with Crippen molar-refractivity contribution < 1.29 is 9.53 Å².